The summed E-state index contributed by atoms with van der Waals surface area (Å²) in [5.41, 5.74) is 9.82. The molecule has 0 aliphatic heterocycles. The van der Waals surface area contributed by atoms with E-state index in [0.29, 0.717) is 0 Å². The summed E-state index contributed by atoms with van der Waals surface area (Å²) in [5, 5.41) is 23.1. The van der Waals surface area contributed by atoms with Gasteiger partial charge in [-0.3, -0.25) is 0 Å². The summed E-state index contributed by atoms with van der Waals surface area (Å²) in [6.45, 7) is 0. The van der Waals surface area contributed by atoms with E-state index in [1.54, 1.807) is 0 Å². The third-order valence-corrected chi connectivity index (χ3v) is 14.4. The molecule has 0 unspecified atom stereocenters. The van der Waals surface area contributed by atoms with Crippen LogP contribution in [0.1, 0.15) is 0 Å². The van der Waals surface area contributed by atoms with Crippen LogP contribution in [0.4, 0.5) is 0 Å². The maximum absolute atomic E-state index is 2.45. The van der Waals surface area contributed by atoms with Gasteiger partial charge in [0, 0.05) is 0 Å². The van der Waals surface area contributed by atoms with Crippen molar-refractivity contribution in [1.82, 2.24) is 0 Å². The first-order valence-corrected chi connectivity index (χ1v) is 23.0. The van der Waals surface area contributed by atoms with E-state index in [9.17, 15) is 0 Å². The van der Waals surface area contributed by atoms with Crippen molar-refractivity contribution in [2.45, 2.75) is 0 Å². The van der Waals surface area contributed by atoms with E-state index in [1.165, 1.54) is 141 Å². The van der Waals surface area contributed by atoms with Gasteiger partial charge in [0.2, 0.25) is 0 Å². The van der Waals surface area contributed by atoms with E-state index in [-0.39, 0.29) is 0 Å². The third kappa shape index (κ3) is 5.59. The van der Waals surface area contributed by atoms with Crippen LogP contribution in [-0.4, -0.2) is 0 Å². The van der Waals surface area contributed by atoms with Gasteiger partial charge in [0.1, 0.15) is 0 Å². The second-order valence-corrected chi connectivity index (χ2v) is 17.9. The molecule has 0 aliphatic rings. The van der Waals surface area contributed by atoms with Gasteiger partial charge in [0.25, 0.3) is 0 Å². The molecule has 14 aromatic rings. The van der Waals surface area contributed by atoms with Crippen LogP contribution in [0.5, 0.6) is 0 Å². The molecule has 0 spiro atoms. The highest BCUT2D eigenvalue weighted by Crippen LogP contribution is 2.46. The molecular weight excluding hydrogens is 793 g/mol. The van der Waals surface area contributed by atoms with Gasteiger partial charge in [-0.15, -0.1) is 0 Å². The lowest BCUT2D eigenvalue weighted by molar-refractivity contribution is 1.63. The summed E-state index contributed by atoms with van der Waals surface area (Å²) >= 11 is 0. The monoisotopic (exact) mass is 832 g/mol. The highest BCUT2D eigenvalue weighted by atomic mass is 14.2. The fourth-order valence-corrected chi connectivity index (χ4v) is 11.3. The maximum Gasteiger partial charge on any atom is -0.00137 e. The average Bonchev–Trinajstić information content (AvgIpc) is 3.40. The number of benzene rings is 14. The summed E-state index contributed by atoms with van der Waals surface area (Å²) in [5.74, 6) is 0. The van der Waals surface area contributed by atoms with Crippen LogP contribution >= 0.6 is 0 Å². The van der Waals surface area contributed by atoms with Crippen molar-refractivity contribution >= 4 is 97.0 Å². The second-order valence-electron chi connectivity index (χ2n) is 17.9. The number of hydrogen-bond donors (Lipinski definition) is 0. The zero-order valence-electron chi connectivity index (χ0n) is 36.1. The molecule has 0 heteroatoms. The Kier molecular flexibility index (Phi) is 8.08. The molecule has 0 heterocycles. The van der Waals surface area contributed by atoms with Crippen LogP contribution < -0.4 is 0 Å². The largest absolute Gasteiger partial charge is 0.0616 e. The standard InChI is InChI=1S/C66H40/c1-3-15-49-47(13-1)39-61(55-21-7-5-17-51(49)55)43-29-25-41(26-30-43)45-33-35-57-53-19-9-12-24-60(53)66-64-38-46(34-36-58(64)54-20-10-11-23-59(54)65(66)63(57)37-45)42-27-31-44(32-28-42)62-40-48-14-2-4-16-50(48)52-18-6-8-22-56(52)62/h1-40H. The van der Waals surface area contributed by atoms with Crippen LogP contribution in [0, 0.1) is 0 Å². The lowest BCUT2D eigenvalue weighted by Crippen LogP contribution is -1.90. The first-order valence-electron chi connectivity index (χ1n) is 23.0. The van der Waals surface area contributed by atoms with Crippen molar-refractivity contribution in [2.24, 2.45) is 0 Å². The molecule has 0 atom stereocenters. The van der Waals surface area contributed by atoms with Crippen molar-refractivity contribution in [3.63, 3.8) is 0 Å². The number of rotatable bonds is 4. The Morgan fingerprint density at radius 1 is 0.152 bits per heavy atom. The molecule has 0 fully saturated rings. The number of fused-ring (bicyclic) bond motifs is 17. The van der Waals surface area contributed by atoms with E-state index in [4.69, 9.17) is 0 Å². The van der Waals surface area contributed by atoms with Crippen molar-refractivity contribution in [2.75, 3.05) is 0 Å². The summed E-state index contributed by atoms with van der Waals surface area (Å²) in [4.78, 5) is 0. The summed E-state index contributed by atoms with van der Waals surface area (Å²) in [6.07, 6.45) is 0. The van der Waals surface area contributed by atoms with Crippen LogP contribution in [0.15, 0.2) is 243 Å². The first-order chi connectivity index (χ1) is 32.7. The van der Waals surface area contributed by atoms with Crippen LogP contribution in [0.3, 0.4) is 0 Å². The molecule has 0 saturated heterocycles. The molecule has 0 nitrogen and oxygen atoms in total. The van der Waals surface area contributed by atoms with Gasteiger partial charge in [0.05, 0.1) is 0 Å². The molecule has 304 valence electrons. The van der Waals surface area contributed by atoms with Gasteiger partial charge < -0.3 is 0 Å². The normalized spacial score (nSPS) is 11.9. The molecule has 14 rings (SSSR count). The van der Waals surface area contributed by atoms with Gasteiger partial charge in [-0.05, 0) is 166 Å². The summed E-state index contributed by atoms with van der Waals surface area (Å²) < 4.78 is 0. The molecule has 66 heavy (non-hydrogen) atoms. The summed E-state index contributed by atoms with van der Waals surface area (Å²) in [7, 11) is 0. The quantitative estimate of drug-likeness (QED) is 0.155. The van der Waals surface area contributed by atoms with Gasteiger partial charge in [-0.2, -0.15) is 0 Å². The van der Waals surface area contributed by atoms with E-state index in [1.807, 2.05) is 0 Å². The Labute approximate surface area is 382 Å². The van der Waals surface area contributed by atoms with E-state index < -0.39 is 0 Å². The van der Waals surface area contributed by atoms with Gasteiger partial charge in [-0.1, -0.05) is 218 Å². The molecular formula is C66H40. The Bertz CT molecular complexity index is 4030. The predicted molar refractivity (Wildman–Crippen MR) is 286 cm³/mol. The molecule has 0 radical (unpaired) electrons. The topological polar surface area (TPSA) is 0 Å². The first kappa shape index (κ1) is 36.9. The smallest absolute Gasteiger partial charge is 0.00137 e. The molecule has 0 amide bonds. The Morgan fingerprint density at radius 3 is 0.818 bits per heavy atom. The van der Waals surface area contributed by atoms with E-state index in [0.717, 1.165) is 0 Å². The Morgan fingerprint density at radius 2 is 0.424 bits per heavy atom. The predicted octanol–water partition coefficient (Wildman–Crippen LogP) is 18.7. The molecule has 0 aliphatic carbocycles. The molecule has 0 bridgehead atoms. The average molecular weight is 833 g/mol. The van der Waals surface area contributed by atoms with Crippen molar-refractivity contribution in [1.29, 1.82) is 0 Å². The second kappa shape index (κ2) is 14.5. The van der Waals surface area contributed by atoms with Gasteiger partial charge >= 0.3 is 0 Å². The Hall–Kier alpha value is -8.58. The highest BCUT2D eigenvalue weighted by Gasteiger charge is 2.18. The van der Waals surface area contributed by atoms with Crippen LogP contribution in [0.2, 0.25) is 0 Å². The zero-order chi connectivity index (χ0) is 43.3. The summed E-state index contributed by atoms with van der Waals surface area (Å²) in [6, 6.07) is 90.4. The molecule has 14 aromatic carbocycles. The van der Waals surface area contributed by atoms with Crippen LogP contribution in [-0.2, 0) is 0 Å². The minimum atomic E-state index is 1.21. The van der Waals surface area contributed by atoms with Gasteiger partial charge in [-0.25, -0.2) is 0 Å². The van der Waals surface area contributed by atoms with Crippen molar-refractivity contribution in [3.8, 4) is 44.5 Å². The van der Waals surface area contributed by atoms with Crippen molar-refractivity contribution in [3.05, 3.63) is 243 Å². The van der Waals surface area contributed by atoms with E-state index >= 15 is 0 Å². The molecule has 0 N–H and O–H groups in total. The minimum absolute atomic E-state index is 1.21. The highest BCUT2D eigenvalue weighted by molar-refractivity contribution is 6.40. The minimum Gasteiger partial charge on any atom is -0.0616 e. The van der Waals surface area contributed by atoms with Crippen LogP contribution in [0.25, 0.3) is 141 Å². The fraction of sp³-hybridized carbons (Fsp3) is 0. The number of hydrogen-bond acceptors (Lipinski definition) is 0. The Balaban J connectivity index is 0.937. The van der Waals surface area contributed by atoms with Gasteiger partial charge in [0.15, 0.2) is 0 Å². The third-order valence-electron chi connectivity index (χ3n) is 14.4. The van der Waals surface area contributed by atoms with E-state index in [2.05, 4.69) is 243 Å². The fourth-order valence-electron chi connectivity index (χ4n) is 11.3. The molecule has 0 saturated carbocycles. The lowest BCUT2D eigenvalue weighted by Gasteiger charge is -2.18. The maximum atomic E-state index is 2.45. The SMILES string of the molecule is c1ccc2c(c1)cc(-c1ccc(-c3ccc4c5ccccc5c5c6cc(-c7ccc(-c8cc9ccccc9c9ccccc89)cc7)ccc6c6ccccc6c5c4c3)cc1)c1ccccc12. The lowest BCUT2D eigenvalue weighted by atomic mass is 9.85. The molecule has 0 aromatic heterocycles. The zero-order valence-corrected chi connectivity index (χ0v) is 36.1. The van der Waals surface area contributed by atoms with Crippen molar-refractivity contribution < 1.29 is 0 Å².